The van der Waals surface area contributed by atoms with E-state index in [1.165, 1.54) is 0 Å². The molecule has 0 aliphatic carbocycles. The lowest BCUT2D eigenvalue weighted by Gasteiger charge is -2.23. The van der Waals surface area contributed by atoms with E-state index >= 15 is 0 Å². The summed E-state index contributed by atoms with van der Waals surface area (Å²) in [5.41, 5.74) is 5.70. The Kier molecular flexibility index (Phi) is 4.58. The number of nitrogens with two attached hydrogens (primary N) is 1. The molecule has 1 aliphatic heterocycles. The minimum atomic E-state index is 0.287. The number of nitrogens with one attached hydrogen (secondary N) is 2. The molecule has 1 saturated heterocycles. The van der Waals surface area contributed by atoms with Crippen LogP contribution in [0.4, 0.5) is 17.6 Å². The lowest BCUT2D eigenvalue weighted by molar-refractivity contribution is 0.0875. The summed E-state index contributed by atoms with van der Waals surface area (Å²) in [7, 11) is 0. The fourth-order valence-electron chi connectivity index (χ4n) is 1.95. The summed E-state index contributed by atoms with van der Waals surface area (Å²) in [5.74, 6) is 1.82. The molecule has 18 heavy (non-hydrogen) atoms. The summed E-state index contributed by atoms with van der Waals surface area (Å²) in [4.78, 5) is 8.34. The van der Waals surface area contributed by atoms with Crippen LogP contribution in [0.2, 0.25) is 0 Å². The summed E-state index contributed by atoms with van der Waals surface area (Å²) < 4.78 is 5.43. The number of nitrogens with zero attached hydrogens (tertiary/aromatic N) is 2. The quantitative estimate of drug-likeness (QED) is 0.735. The first-order valence-corrected chi connectivity index (χ1v) is 6.50. The maximum absolute atomic E-state index is 5.70. The highest BCUT2D eigenvalue weighted by Crippen LogP contribution is 2.16. The average molecular weight is 251 g/mol. The molecule has 1 fully saturated rings. The van der Waals surface area contributed by atoms with E-state index in [-0.39, 0.29) is 5.95 Å². The summed E-state index contributed by atoms with van der Waals surface area (Å²) in [6.07, 6.45) is 3.23. The van der Waals surface area contributed by atoms with Gasteiger partial charge >= 0.3 is 0 Å². The molecule has 1 unspecified atom stereocenters. The van der Waals surface area contributed by atoms with Crippen molar-refractivity contribution in [3.8, 4) is 0 Å². The number of aromatic nitrogens is 2. The third-order valence-electron chi connectivity index (χ3n) is 2.81. The van der Waals surface area contributed by atoms with Crippen molar-refractivity contribution < 1.29 is 4.74 Å². The highest BCUT2D eigenvalue weighted by atomic mass is 16.5. The lowest BCUT2D eigenvalue weighted by Crippen LogP contribution is -2.30. The van der Waals surface area contributed by atoms with E-state index in [2.05, 4.69) is 27.5 Å². The van der Waals surface area contributed by atoms with Crippen molar-refractivity contribution in [3.05, 3.63) is 6.07 Å². The standard InChI is InChI=1S/C12H21N5O/c1-2-5-14-10-7-11(17-12(13)16-10)15-9-4-3-6-18-8-9/h7,9H,2-6,8H2,1H3,(H4,13,14,15,16,17). The number of ether oxygens (including phenoxy) is 1. The number of hydrogen-bond donors (Lipinski definition) is 3. The second-order valence-corrected chi connectivity index (χ2v) is 4.48. The third-order valence-corrected chi connectivity index (χ3v) is 2.81. The normalized spacial score (nSPS) is 19.5. The molecule has 4 N–H and O–H groups in total. The second-order valence-electron chi connectivity index (χ2n) is 4.48. The average Bonchev–Trinajstić information content (AvgIpc) is 2.37. The molecule has 1 aromatic rings. The Morgan fingerprint density at radius 1 is 1.44 bits per heavy atom. The van der Waals surface area contributed by atoms with E-state index in [1.54, 1.807) is 0 Å². The van der Waals surface area contributed by atoms with E-state index in [0.717, 1.165) is 50.7 Å². The molecule has 6 nitrogen and oxygen atoms in total. The summed E-state index contributed by atoms with van der Waals surface area (Å²) >= 11 is 0. The minimum absolute atomic E-state index is 0.287. The van der Waals surface area contributed by atoms with Crippen molar-refractivity contribution in [2.75, 3.05) is 36.1 Å². The predicted octanol–water partition coefficient (Wildman–Crippen LogP) is 1.47. The Labute approximate surface area is 107 Å². The van der Waals surface area contributed by atoms with Crippen molar-refractivity contribution in [1.82, 2.24) is 9.97 Å². The first kappa shape index (κ1) is 12.9. The molecule has 100 valence electrons. The number of anilines is 3. The predicted molar refractivity (Wildman–Crippen MR) is 72.7 cm³/mol. The van der Waals surface area contributed by atoms with Crippen LogP contribution in [-0.2, 0) is 4.74 Å². The highest BCUT2D eigenvalue weighted by molar-refractivity contribution is 5.51. The van der Waals surface area contributed by atoms with Crippen LogP contribution in [0, 0.1) is 0 Å². The van der Waals surface area contributed by atoms with E-state index in [0.29, 0.717) is 6.04 Å². The minimum Gasteiger partial charge on any atom is -0.379 e. The van der Waals surface area contributed by atoms with Gasteiger partial charge in [0, 0.05) is 19.2 Å². The van der Waals surface area contributed by atoms with Crippen LogP contribution in [0.3, 0.4) is 0 Å². The molecule has 0 amide bonds. The fraction of sp³-hybridized carbons (Fsp3) is 0.667. The van der Waals surface area contributed by atoms with Crippen LogP contribution in [-0.4, -0.2) is 35.8 Å². The zero-order valence-corrected chi connectivity index (χ0v) is 10.8. The van der Waals surface area contributed by atoms with Crippen molar-refractivity contribution >= 4 is 17.6 Å². The van der Waals surface area contributed by atoms with Crippen LogP contribution >= 0.6 is 0 Å². The SMILES string of the molecule is CCCNc1cc(NC2CCCOC2)nc(N)n1. The summed E-state index contributed by atoms with van der Waals surface area (Å²) in [6, 6.07) is 2.20. The molecular weight excluding hydrogens is 230 g/mol. The zero-order chi connectivity index (χ0) is 12.8. The van der Waals surface area contributed by atoms with Crippen LogP contribution in [0.5, 0.6) is 0 Å². The van der Waals surface area contributed by atoms with Gasteiger partial charge in [0.05, 0.1) is 12.6 Å². The largest absolute Gasteiger partial charge is 0.379 e. The van der Waals surface area contributed by atoms with Gasteiger partial charge in [0.15, 0.2) is 0 Å². The molecule has 1 atom stereocenters. The van der Waals surface area contributed by atoms with Gasteiger partial charge in [0.1, 0.15) is 11.6 Å². The molecule has 0 saturated carbocycles. The number of rotatable bonds is 5. The first-order valence-electron chi connectivity index (χ1n) is 6.50. The Balaban J connectivity index is 1.99. The lowest BCUT2D eigenvalue weighted by atomic mass is 10.1. The molecule has 2 rings (SSSR count). The molecule has 2 heterocycles. The molecule has 0 aromatic carbocycles. The second kappa shape index (κ2) is 6.39. The van der Waals surface area contributed by atoms with Gasteiger partial charge in [-0.25, -0.2) is 0 Å². The van der Waals surface area contributed by atoms with E-state index in [4.69, 9.17) is 10.5 Å². The van der Waals surface area contributed by atoms with E-state index in [9.17, 15) is 0 Å². The summed E-state index contributed by atoms with van der Waals surface area (Å²) in [6.45, 7) is 4.56. The van der Waals surface area contributed by atoms with E-state index in [1.807, 2.05) is 6.07 Å². The molecule has 0 spiro atoms. The van der Waals surface area contributed by atoms with Crippen LogP contribution in [0.25, 0.3) is 0 Å². The molecule has 1 aromatic heterocycles. The van der Waals surface area contributed by atoms with E-state index < -0.39 is 0 Å². The van der Waals surface area contributed by atoms with Crippen LogP contribution in [0.1, 0.15) is 26.2 Å². The van der Waals surface area contributed by atoms with Crippen LogP contribution in [0.15, 0.2) is 6.07 Å². The van der Waals surface area contributed by atoms with Crippen molar-refractivity contribution in [2.24, 2.45) is 0 Å². The molecular formula is C12H21N5O. The molecule has 6 heteroatoms. The van der Waals surface area contributed by atoms with Gasteiger partial charge in [0.25, 0.3) is 0 Å². The summed E-state index contributed by atoms with van der Waals surface area (Å²) in [5, 5.41) is 6.55. The smallest absolute Gasteiger partial charge is 0.223 e. The zero-order valence-electron chi connectivity index (χ0n) is 10.8. The van der Waals surface area contributed by atoms with Crippen molar-refractivity contribution in [2.45, 2.75) is 32.2 Å². The van der Waals surface area contributed by atoms with Gasteiger partial charge in [-0.15, -0.1) is 0 Å². The number of hydrogen-bond acceptors (Lipinski definition) is 6. The highest BCUT2D eigenvalue weighted by Gasteiger charge is 2.14. The number of nitrogen functional groups attached to an aromatic ring is 1. The third kappa shape index (κ3) is 3.73. The van der Waals surface area contributed by atoms with Gasteiger partial charge in [-0.05, 0) is 19.3 Å². The Morgan fingerprint density at radius 3 is 3.00 bits per heavy atom. The maximum atomic E-state index is 5.70. The molecule has 0 bridgehead atoms. The van der Waals surface area contributed by atoms with Gasteiger partial charge in [0.2, 0.25) is 5.95 Å². The van der Waals surface area contributed by atoms with Gasteiger partial charge in [-0.1, -0.05) is 6.92 Å². The Morgan fingerprint density at radius 2 is 2.28 bits per heavy atom. The van der Waals surface area contributed by atoms with Crippen molar-refractivity contribution in [3.63, 3.8) is 0 Å². The van der Waals surface area contributed by atoms with Gasteiger partial charge < -0.3 is 21.1 Å². The van der Waals surface area contributed by atoms with Crippen LogP contribution < -0.4 is 16.4 Å². The molecule has 0 radical (unpaired) electrons. The monoisotopic (exact) mass is 251 g/mol. The van der Waals surface area contributed by atoms with Gasteiger partial charge in [-0.3, -0.25) is 0 Å². The first-order chi connectivity index (χ1) is 8.78. The maximum Gasteiger partial charge on any atom is 0.223 e. The topological polar surface area (TPSA) is 85.1 Å². The Bertz CT molecular complexity index is 379. The van der Waals surface area contributed by atoms with Crippen molar-refractivity contribution in [1.29, 1.82) is 0 Å². The molecule has 1 aliphatic rings. The van der Waals surface area contributed by atoms with Gasteiger partial charge in [-0.2, -0.15) is 9.97 Å². The Hall–Kier alpha value is -1.56. The fourth-order valence-corrected chi connectivity index (χ4v) is 1.95.